The van der Waals surface area contributed by atoms with Crippen LogP contribution in [0.4, 0.5) is 4.39 Å². The molecule has 1 atom stereocenters. The van der Waals surface area contributed by atoms with Gasteiger partial charge in [-0.05, 0) is 52.9 Å². The third-order valence-electron chi connectivity index (χ3n) is 3.04. The first-order chi connectivity index (χ1) is 9.06. The van der Waals surface area contributed by atoms with E-state index in [1.54, 1.807) is 6.07 Å². The largest absolute Gasteiger partial charge is 0.392 e. The number of benzene rings is 2. The van der Waals surface area contributed by atoms with Gasteiger partial charge in [-0.25, -0.2) is 4.39 Å². The van der Waals surface area contributed by atoms with Gasteiger partial charge in [-0.1, -0.05) is 42.0 Å². The molecule has 0 saturated carbocycles. The van der Waals surface area contributed by atoms with Gasteiger partial charge in [0.25, 0.3) is 0 Å². The van der Waals surface area contributed by atoms with Crippen LogP contribution in [-0.2, 0) is 12.8 Å². The molecule has 0 bridgehead atoms. The summed E-state index contributed by atoms with van der Waals surface area (Å²) in [5.74, 6) is -0.291. The van der Waals surface area contributed by atoms with E-state index in [4.69, 9.17) is 0 Å². The molecule has 0 fully saturated rings. The molecule has 2 aromatic rings. The van der Waals surface area contributed by atoms with E-state index in [1.807, 2.05) is 31.2 Å². The summed E-state index contributed by atoms with van der Waals surface area (Å²) in [6, 6.07) is 13.0. The molecule has 0 heterocycles. The number of halogens is 2. The first kappa shape index (κ1) is 14.2. The predicted octanol–water partition coefficient (Wildman–Crippen LogP) is 4.04. The maximum absolute atomic E-state index is 13.4. The molecule has 0 spiro atoms. The van der Waals surface area contributed by atoms with Crippen LogP contribution in [0.1, 0.15) is 16.7 Å². The van der Waals surface area contributed by atoms with Crippen LogP contribution in [0.25, 0.3) is 0 Å². The van der Waals surface area contributed by atoms with Gasteiger partial charge >= 0.3 is 0 Å². The highest BCUT2D eigenvalue weighted by Gasteiger charge is 2.11. The second kappa shape index (κ2) is 6.31. The van der Waals surface area contributed by atoms with Gasteiger partial charge in [-0.3, -0.25) is 0 Å². The molecule has 1 N–H and O–H groups in total. The molecule has 1 nitrogen and oxygen atoms in total. The summed E-state index contributed by atoms with van der Waals surface area (Å²) in [7, 11) is 0. The number of hydrogen-bond donors (Lipinski definition) is 1. The Labute approximate surface area is 121 Å². The zero-order valence-electron chi connectivity index (χ0n) is 10.7. The topological polar surface area (TPSA) is 20.2 Å². The van der Waals surface area contributed by atoms with Crippen molar-refractivity contribution in [3.63, 3.8) is 0 Å². The van der Waals surface area contributed by atoms with Crippen molar-refractivity contribution in [3.8, 4) is 0 Å². The Hall–Kier alpha value is -1.19. The fourth-order valence-electron chi connectivity index (χ4n) is 2.14. The van der Waals surface area contributed by atoms with E-state index in [0.717, 1.165) is 11.1 Å². The van der Waals surface area contributed by atoms with E-state index in [-0.39, 0.29) is 5.82 Å². The summed E-state index contributed by atoms with van der Waals surface area (Å²) in [5.41, 5.74) is 3.07. The van der Waals surface area contributed by atoms with Crippen LogP contribution in [0.3, 0.4) is 0 Å². The first-order valence-corrected chi connectivity index (χ1v) is 7.02. The second-order valence-corrected chi connectivity index (χ2v) is 5.56. The summed E-state index contributed by atoms with van der Waals surface area (Å²) < 4.78 is 13.8. The molecule has 0 aliphatic carbocycles. The van der Waals surface area contributed by atoms with Crippen LogP contribution in [0.15, 0.2) is 46.9 Å². The van der Waals surface area contributed by atoms with Crippen LogP contribution in [0.5, 0.6) is 0 Å². The van der Waals surface area contributed by atoms with Gasteiger partial charge in [0.05, 0.1) is 10.6 Å². The fourth-order valence-corrected chi connectivity index (χ4v) is 2.57. The molecule has 0 aromatic heterocycles. The smallest absolute Gasteiger partial charge is 0.137 e. The van der Waals surface area contributed by atoms with Crippen LogP contribution < -0.4 is 0 Å². The summed E-state index contributed by atoms with van der Waals surface area (Å²) in [6.45, 7) is 2.03. The van der Waals surface area contributed by atoms with E-state index in [0.29, 0.717) is 17.3 Å². The van der Waals surface area contributed by atoms with E-state index in [1.165, 1.54) is 11.6 Å². The molecule has 100 valence electrons. The molecular weight excluding hydrogens is 307 g/mol. The van der Waals surface area contributed by atoms with Gasteiger partial charge in [0.2, 0.25) is 0 Å². The Morgan fingerprint density at radius 3 is 2.63 bits per heavy atom. The summed E-state index contributed by atoms with van der Waals surface area (Å²) in [5, 5.41) is 10.1. The monoisotopic (exact) mass is 322 g/mol. The maximum atomic E-state index is 13.4. The Morgan fingerprint density at radius 1 is 1.16 bits per heavy atom. The van der Waals surface area contributed by atoms with E-state index >= 15 is 0 Å². The molecule has 0 aliphatic rings. The maximum Gasteiger partial charge on any atom is 0.137 e. The van der Waals surface area contributed by atoms with E-state index < -0.39 is 6.10 Å². The van der Waals surface area contributed by atoms with Crippen molar-refractivity contribution in [1.82, 2.24) is 0 Å². The standard InChI is InChI=1S/C16H16BrFO/c1-11-4-2-5-12(8-11)9-14(19)10-13-6-3-7-15(18)16(13)17/h2-8,14,19H,9-10H2,1H3. The van der Waals surface area contributed by atoms with Crippen LogP contribution in [-0.4, -0.2) is 11.2 Å². The van der Waals surface area contributed by atoms with Crippen molar-refractivity contribution in [1.29, 1.82) is 0 Å². The summed E-state index contributed by atoms with van der Waals surface area (Å²) in [6.07, 6.45) is 0.497. The summed E-state index contributed by atoms with van der Waals surface area (Å²) in [4.78, 5) is 0. The number of hydrogen-bond acceptors (Lipinski definition) is 1. The number of rotatable bonds is 4. The highest BCUT2D eigenvalue weighted by molar-refractivity contribution is 9.10. The normalized spacial score (nSPS) is 12.4. The van der Waals surface area contributed by atoms with Gasteiger partial charge in [0, 0.05) is 0 Å². The Morgan fingerprint density at radius 2 is 1.89 bits per heavy atom. The third kappa shape index (κ3) is 3.88. The molecule has 0 aliphatic heterocycles. The minimum Gasteiger partial charge on any atom is -0.392 e. The molecule has 0 radical (unpaired) electrons. The molecule has 3 heteroatoms. The minimum absolute atomic E-state index is 0.291. The molecule has 2 rings (SSSR count). The van der Waals surface area contributed by atoms with E-state index in [9.17, 15) is 9.50 Å². The number of aryl methyl sites for hydroxylation is 1. The molecule has 2 aromatic carbocycles. The van der Waals surface area contributed by atoms with Crippen molar-refractivity contribution in [2.24, 2.45) is 0 Å². The third-order valence-corrected chi connectivity index (χ3v) is 3.93. The molecule has 1 unspecified atom stereocenters. The molecule has 0 amide bonds. The second-order valence-electron chi connectivity index (χ2n) is 4.76. The fraction of sp³-hybridized carbons (Fsp3) is 0.250. The van der Waals surface area contributed by atoms with Crippen LogP contribution in [0.2, 0.25) is 0 Å². The first-order valence-electron chi connectivity index (χ1n) is 6.23. The molecular formula is C16H16BrFO. The Bertz CT molecular complexity index is 568. The van der Waals surface area contributed by atoms with Gasteiger partial charge < -0.3 is 5.11 Å². The number of aliphatic hydroxyl groups excluding tert-OH is 1. The lowest BCUT2D eigenvalue weighted by Crippen LogP contribution is -2.14. The lowest BCUT2D eigenvalue weighted by atomic mass is 10.0. The molecule has 0 saturated heterocycles. The zero-order chi connectivity index (χ0) is 13.8. The minimum atomic E-state index is -0.514. The van der Waals surface area contributed by atoms with Crippen LogP contribution >= 0.6 is 15.9 Å². The highest BCUT2D eigenvalue weighted by Crippen LogP contribution is 2.22. The SMILES string of the molecule is Cc1cccc(CC(O)Cc2cccc(F)c2Br)c1. The van der Waals surface area contributed by atoms with Crippen molar-refractivity contribution >= 4 is 15.9 Å². The van der Waals surface area contributed by atoms with Gasteiger partial charge in [0.1, 0.15) is 5.82 Å². The number of aliphatic hydroxyl groups is 1. The average molecular weight is 323 g/mol. The summed E-state index contributed by atoms with van der Waals surface area (Å²) >= 11 is 3.22. The van der Waals surface area contributed by atoms with Crippen molar-refractivity contribution < 1.29 is 9.50 Å². The zero-order valence-corrected chi connectivity index (χ0v) is 12.3. The average Bonchev–Trinajstić information content (AvgIpc) is 2.35. The van der Waals surface area contributed by atoms with Gasteiger partial charge in [-0.15, -0.1) is 0 Å². The van der Waals surface area contributed by atoms with Gasteiger partial charge in [-0.2, -0.15) is 0 Å². The Kier molecular flexibility index (Phi) is 4.72. The Balaban J connectivity index is 2.05. The molecule has 19 heavy (non-hydrogen) atoms. The van der Waals surface area contributed by atoms with Crippen molar-refractivity contribution in [3.05, 3.63) is 69.4 Å². The lowest BCUT2D eigenvalue weighted by Gasteiger charge is -2.12. The quantitative estimate of drug-likeness (QED) is 0.900. The van der Waals surface area contributed by atoms with Crippen LogP contribution in [0, 0.1) is 12.7 Å². The van der Waals surface area contributed by atoms with Crippen molar-refractivity contribution in [2.45, 2.75) is 25.9 Å². The van der Waals surface area contributed by atoms with Crippen molar-refractivity contribution in [2.75, 3.05) is 0 Å². The lowest BCUT2D eigenvalue weighted by molar-refractivity contribution is 0.175. The van der Waals surface area contributed by atoms with Gasteiger partial charge in [0.15, 0.2) is 0 Å². The van der Waals surface area contributed by atoms with E-state index in [2.05, 4.69) is 22.0 Å². The predicted molar refractivity (Wildman–Crippen MR) is 78.7 cm³/mol. The highest BCUT2D eigenvalue weighted by atomic mass is 79.9.